The third-order valence-corrected chi connectivity index (χ3v) is 7.49. The van der Waals surface area contributed by atoms with Gasteiger partial charge < -0.3 is 23.5 Å². The van der Waals surface area contributed by atoms with Gasteiger partial charge in [0.25, 0.3) is 0 Å². The van der Waals surface area contributed by atoms with Crippen molar-refractivity contribution in [3.05, 3.63) is 162 Å². The summed E-state index contributed by atoms with van der Waals surface area (Å²) in [6.07, 6.45) is 1.48. The van der Waals surface area contributed by atoms with Crippen molar-refractivity contribution in [2.24, 2.45) is 0 Å². The number of nitrogens with zero attached hydrogens (tertiary/aromatic N) is 2. The van der Waals surface area contributed by atoms with E-state index in [4.69, 9.17) is 18.9 Å². The maximum absolute atomic E-state index is 13.9. The van der Waals surface area contributed by atoms with E-state index in [-0.39, 0.29) is 13.2 Å². The lowest BCUT2D eigenvalue weighted by molar-refractivity contribution is -0.194. The van der Waals surface area contributed by atoms with Gasteiger partial charge in [-0.3, -0.25) is 0 Å². The van der Waals surface area contributed by atoms with Gasteiger partial charge in [-0.2, -0.15) is 0 Å². The van der Waals surface area contributed by atoms with Crippen LogP contribution in [-0.4, -0.2) is 27.7 Å². The van der Waals surface area contributed by atoms with Gasteiger partial charge in [0.2, 0.25) is 0 Å². The number of carbonyl (C=O) groups is 1. The predicted molar refractivity (Wildman–Crippen MR) is 162 cm³/mol. The molecule has 0 unspecified atom stereocenters. The second-order valence-corrected chi connectivity index (χ2v) is 10.5. The van der Waals surface area contributed by atoms with Crippen molar-refractivity contribution < 1.29 is 23.7 Å². The van der Waals surface area contributed by atoms with Gasteiger partial charge in [0.15, 0.2) is 6.04 Å². The Morgan fingerprint density at radius 1 is 0.581 bits per heavy atom. The maximum Gasteiger partial charge on any atom is 0.332 e. The zero-order valence-electron chi connectivity index (χ0n) is 23.8. The van der Waals surface area contributed by atoms with Crippen LogP contribution in [0.2, 0.25) is 0 Å². The monoisotopic (exact) mass is 574 g/mol. The molecule has 4 aromatic carbocycles. The summed E-state index contributed by atoms with van der Waals surface area (Å²) >= 11 is 0. The molecule has 0 spiro atoms. The topological polar surface area (TPSA) is 71.8 Å². The van der Waals surface area contributed by atoms with Crippen LogP contribution in [0.25, 0.3) is 0 Å². The van der Waals surface area contributed by atoms with E-state index in [9.17, 15) is 4.79 Å². The van der Waals surface area contributed by atoms with Gasteiger partial charge in [-0.25, -0.2) is 9.78 Å². The lowest BCUT2D eigenvalue weighted by Gasteiger charge is -2.41. The van der Waals surface area contributed by atoms with Crippen LogP contribution < -0.4 is 0 Å². The number of hydrogen-bond donors (Lipinski definition) is 0. The lowest BCUT2D eigenvalue weighted by atomic mass is 9.94. The fourth-order valence-corrected chi connectivity index (χ4v) is 5.33. The zero-order chi connectivity index (χ0) is 29.3. The average molecular weight is 575 g/mol. The van der Waals surface area contributed by atoms with E-state index in [1.165, 1.54) is 0 Å². The van der Waals surface area contributed by atoms with Crippen LogP contribution in [-0.2, 0) is 50.2 Å². The Labute approximate surface area is 251 Å². The molecule has 1 aromatic heterocycles. The standard InChI is InChI=1S/C36H34N2O5/c39-36(43-26-30-19-11-4-12-20-30)31-32(40-23-27-13-5-1-6-14-27)33(41-24-28-15-7-2-8-16-28)34(35-37-21-22-38(31)35)42-25-29-17-9-3-10-18-29/h1-22,31-34H,23-26H2/t31-,32+,33-,34+/m0/s1. The normalized spacial score (nSPS) is 19.4. The molecule has 7 nitrogen and oxygen atoms in total. The fraction of sp³-hybridized carbons (Fsp3) is 0.222. The number of imidazole rings is 1. The minimum absolute atomic E-state index is 0.148. The smallest absolute Gasteiger partial charge is 0.332 e. The number of fused-ring (bicyclic) bond motifs is 1. The Balaban J connectivity index is 1.34. The van der Waals surface area contributed by atoms with Crippen molar-refractivity contribution in [2.45, 2.75) is 50.8 Å². The van der Waals surface area contributed by atoms with Crippen molar-refractivity contribution in [1.29, 1.82) is 0 Å². The SMILES string of the molecule is O=C(OCc1ccccc1)[C@@H]1[C@@H](OCc2ccccc2)[C@H](OCc2ccccc2)[C@@H](OCc2ccccc2)c2nccn21. The van der Waals surface area contributed by atoms with Gasteiger partial charge >= 0.3 is 5.97 Å². The number of ether oxygens (including phenoxy) is 4. The number of rotatable bonds is 12. The fourth-order valence-electron chi connectivity index (χ4n) is 5.33. The summed E-state index contributed by atoms with van der Waals surface area (Å²) in [5.41, 5.74) is 3.91. The molecule has 0 amide bonds. The minimum Gasteiger partial charge on any atom is -0.459 e. The molecule has 0 fully saturated rings. The first-order valence-corrected chi connectivity index (χ1v) is 14.5. The molecule has 0 aliphatic carbocycles. The summed E-state index contributed by atoms with van der Waals surface area (Å²) in [6, 6.07) is 38.6. The molecule has 0 N–H and O–H groups in total. The van der Waals surface area contributed by atoms with Crippen LogP contribution in [0.4, 0.5) is 0 Å². The van der Waals surface area contributed by atoms with Crippen molar-refractivity contribution in [1.82, 2.24) is 9.55 Å². The molecule has 43 heavy (non-hydrogen) atoms. The summed E-state index contributed by atoms with van der Waals surface area (Å²) < 4.78 is 27.5. The van der Waals surface area contributed by atoms with Gasteiger partial charge in [0.05, 0.1) is 19.8 Å². The Hall–Kier alpha value is -4.56. The van der Waals surface area contributed by atoms with Crippen LogP contribution >= 0.6 is 0 Å². The number of esters is 1. The predicted octanol–water partition coefficient (Wildman–Crippen LogP) is 6.61. The van der Waals surface area contributed by atoms with E-state index in [1.54, 1.807) is 12.4 Å². The Kier molecular flexibility index (Phi) is 9.34. The van der Waals surface area contributed by atoms with Gasteiger partial charge in [-0.1, -0.05) is 121 Å². The summed E-state index contributed by atoms with van der Waals surface area (Å²) in [7, 11) is 0. The molecule has 4 atom stereocenters. The highest BCUT2D eigenvalue weighted by Crippen LogP contribution is 2.40. The first-order chi connectivity index (χ1) is 21.3. The molecule has 2 heterocycles. The molecule has 1 aliphatic heterocycles. The lowest BCUT2D eigenvalue weighted by Crippen LogP contribution is -2.51. The molecular weight excluding hydrogens is 540 g/mol. The Bertz CT molecular complexity index is 1560. The van der Waals surface area contributed by atoms with E-state index >= 15 is 0 Å². The first kappa shape index (κ1) is 28.6. The first-order valence-electron chi connectivity index (χ1n) is 14.5. The molecule has 218 valence electrons. The molecule has 0 saturated heterocycles. The number of benzene rings is 4. The molecular formula is C36H34N2O5. The van der Waals surface area contributed by atoms with Gasteiger partial charge in [-0.05, 0) is 22.3 Å². The third kappa shape index (κ3) is 7.09. The second kappa shape index (κ2) is 14.1. The minimum atomic E-state index is -0.831. The highest BCUT2D eigenvalue weighted by molar-refractivity contribution is 5.75. The van der Waals surface area contributed by atoms with Crippen LogP contribution in [0.1, 0.15) is 40.2 Å². The Morgan fingerprint density at radius 3 is 1.53 bits per heavy atom. The van der Waals surface area contributed by atoms with Crippen molar-refractivity contribution in [3.8, 4) is 0 Å². The summed E-state index contributed by atoms with van der Waals surface area (Å²) in [6.45, 7) is 1.09. The number of carbonyl (C=O) groups excluding carboxylic acids is 1. The van der Waals surface area contributed by atoms with Gasteiger partial charge in [0.1, 0.15) is 30.7 Å². The van der Waals surface area contributed by atoms with E-state index in [2.05, 4.69) is 4.98 Å². The molecule has 1 aliphatic rings. The van der Waals surface area contributed by atoms with Crippen LogP contribution in [0.3, 0.4) is 0 Å². The van der Waals surface area contributed by atoms with Gasteiger partial charge in [0, 0.05) is 12.4 Å². The molecule has 6 rings (SSSR count). The highest BCUT2D eigenvalue weighted by atomic mass is 16.6. The van der Waals surface area contributed by atoms with E-state index in [0.29, 0.717) is 19.0 Å². The quantitative estimate of drug-likeness (QED) is 0.156. The van der Waals surface area contributed by atoms with E-state index < -0.39 is 30.3 Å². The average Bonchev–Trinajstić information content (AvgIpc) is 3.55. The van der Waals surface area contributed by atoms with Crippen molar-refractivity contribution >= 4 is 5.97 Å². The summed E-state index contributed by atoms with van der Waals surface area (Å²) in [5, 5.41) is 0. The maximum atomic E-state index is 13.9. The summed E-state index contributed by atoms with van der Waals surface area (Å²) in [4.78, 5) is 18.6. The van der Waals surface area contributed by atoms with Crippen LogP contribution in [0, 0.1) is 0 Å². The van der Waals surface area contributed by atoms with E-state index in [0.717, 1.165) is 22.3 Å². The number of hydrogen-bond acceptors (Lipinski definition) is 6. The van der Waals surface area contributed by atoms with Crippen LogP contribution in [0.5, 0.6) is 0 Å². The molecule has 0 saturated carbocycles. The van der Waals surface area contributed by atoms with Crippen molar-refractivity contribution in [3.63, 3.8) is 0 Å². The zero-order valence-corrected chi connectivity index (χ0v) is 23.8. The van der Waals surface area contributed by atoms with Crippen LogP contribution in [0.15, 0.2) is 134 Å². The summed E-state index contributed by atoms with van der Waals surface area (Å²) in [5.74, 6) is 0.172. The third-order valence-electron chi connectivity index (χ3n) is 7.49. The van der Waals surface area contributed by atoms with E-state index in [1.807, 2.05) is 126 Å². The van der Waals surface area contributed by atoms with Crippen molar-refractivity contribution in [2.75, 3.05) is 0 Å². The molecule has 0 bridgehead atoms. The molecule has 7 heteroatoms. The largest absolute Gasteiger partial charge is 0.459 e. The Morgan fingerprint density at radius 2 is 1.02 bits per heavy atom. The number of aromatic nitrogens is 2. The van der Waals surface area contributed by atoms with Gasteiger partial charge in [-0.15, -0.1) is 0 Å². The highest BCUT2D eigenvalue weighted by Gasteiger charge is 2.49. The molecule has 5 aromatic rings. The second-order valence-electron chi connectivity index (χ2n) is 10.5. The molecule has 0 radical (unpaired) electrons.